The summed E-state index contributed by atoms with van der Waals surface area (Å²) in [7, 11) is 0. The van der Waals surface area contributed by atoms with Gasteiger partial charge in [0.2, 0.25) is 5.91 Å². The van der Waals surface area contributed by atoms with E-state index in [1.165, 1.54) is 6.07 Å². The van der Waals surface area contributed by atoms with Crippen LogP contribution < -0.4 is 20.3 Å². The second-order valence-corrected chi connectivity index (χ2v) is 7.23. The third-order valence-electron chi connectivity index (χ3n) is 4.37. The van der Waals surface area contributed by atoms with Crippen molar-refractivity contribution in [1.29, 1.82) is 0 Å². The van der Waals surface area contributed by atoms with Gasteiger partial charge < -0.3 is 14.8 Å². The molecule has 1 aliphatic heterocycles. The van der Waals surface area contributed by atoms with E-state index < -0.39 is 0 Å². The Kier molecular flexibility index (Phi) is 5.53. The molecule has 2 heterocycles. The molecule has 2 aromatic carbocycles. The van der Waals surface area contributed by atoms with E-state index in [2.05, 4.69) is 10.4 Å². The molecule has 0 atom stereocenters. The van der Waals surface area contributed by atoms with Gasteiger partial charge in [-0.1, -0.05) is 0 Å². The molecule has 0 bridgehead atoms. The van der Waals surface area contributed by atoms with Gasteiger partial charge >= 0.3 is 0 Å². The third kappa shape index (κ3) is 4.43. The van der Waals surface area contributed by atoms with E-state index in [1.54, 1.807) is 17.8 Å². The van der Waals surface area contributed by atoms with Crippen LogP contribution in [0, 0.1) is 0 Å². The average molecular weight is 409 g/mol. The molecule has 4 rings (SSSR count). The highest BCUT2D eigenvalue weighted by Crippen LogP contribution is 2.33. The summed E-state index contributed by atoms with van der Waals surface area (Å²) in [6.07, 6.45) is 1.99. The van der Waals surface area contributed by atoms with E-state index in [0.29, 0.717) is 36.1 Å². The molecular formula is C21H19N3O4S. The monoisotopic (exact) mass is 409 g/mol. The Morgan fingerprint density at radius 3 is 2.59 bits per heavy atom. The van der Waals surface area contributed by atoms with Crippen LogP contribution in [0.2, 0.25) is 0 Å². The molecule has 1 aromatic heterocycles. The number of benzene rings is 2. The minimum atomic E-state index is -0.348. The standard InChI is InChI=1S/C21H19N3O4S/c1-29-16-5-3-15(4-6-16)22-20(25)13-24-21(26)9-7-17(23-24)14-2-8-18-19(12-14)28-11-10-27-18/h2-9,12H,10-11,13H2,1H3,(H,22,25). The van der Waals surface area contributed by atoms with E-state index in [4.69, 9.17) is 9.47 Å². The van der Waals surface area contributed by atoms with Gasteiger partial charge in [0.25, 0.3) is 5.56 Å². The van der Waals surface area contributed by atoms with Gasteiger partial charge in [0.15, 0.2) is 11.5 Å². The van der Waals surface area contributed by atoms with E-state index in [-0.39, 0.29) is 18.0 Å². The summed E-state index contributed by atoms with van der Waals surface area (Å²) in [6.45, 7) is 0.827. The number of fused-ring (bicyclic) bond motifs is 1. The fourth-order valence-corrected chi connectivity index (χ4v) is 3.34. The fourth-order valence-electron chi connectivity index (χ4n) is 2.93. The highest BCUT2D eigenvalue weighted by Gasteiger charge is 2.14. The van der Waals surface area contributed by atoms with Crippen molar-refractivity contribution in [3.63, 3.8) is 0 Å². The van der Waals surface area contributed by atoms with Crippen molar-refractivity contribution in [2.75, 3.05) is 24.8 Å². The first-order valence-corrected chi connectivity index (χ1v) is 10.3. The summed E-state index contributed by atoms with van der Waals surface area (Å²) in [5.74, 6) is 0.996. The van der Waals surface area contributed by atoms with Crippen LogP contribution in [0.4, 0.5) is 5.69 Å². The number of nitrogens with one attached hydrogen (secondary N) is 1. The number of thioether (sulfide) groups is 1. The van der Waals surface area contributed by atoms with Gasteiger partial charge in [0.05, 0.1) is 5.69 Å². The van der Waals surface area contributed by atoms with Crippen LogP contribution in [0.25, 0.3) is 11.3 Å². The lowest BCUT2D eigenvalue weighted by atomic mass is 10.1. The summed E-state index contributed by atoms with van der Waals surface area (Å²) in [6, 6.07) is 16.0. The maximum absolute atomic E-state index is 12.4. The Labute approximate surface area is 171 Å². The first kappa shape index (κ1) is 19.1. The Morgan fingerprint density at radius 1 is 1.07 bits per heavy atom. The molecule has 1 amide bonds. The number of amides is 1. The predicted molar refractivity (Wildman–Crippen MR) is 112 cm³/mol. The SMILES string of the molecule is CSc1ccc(NC(=O)Cn2nc(-c3ccc4c(c3)OCCO4)ccc2=O)cc1. The second-order valence-electron chi connectivity index (χ2n) is 6.35. The lowest BCUT2D eigenvalue weighted by molar-refractivity contribution is -0.117. The molecule has 0 fully saturated rings. The number of carbonyl (C=O) groups excluding carboxylic acids is 1. The van der Waals surface area contributed by atoms with E-state index in [9.17, 15) is 9.59 Å². The number of carbonyl (C=O) groups is 1. The Morgan fingerprint density at radius 2 is 1.83 bits per heavy atom. The number of aromatic nitrogens is 2. The minimum absolute atomic E-state index is 0.179. The lowest BCUT2D eigenvalue weighted by Crippen LogP contribution is -2.29. The quantitative estimate of drug-likeness (QED) is 0.653. The van der Waals surface area contributed by atoms with Crippen LogP contribution in [-0.4, -0.2) is 35.2 Å². The van der Waals surface area contributed by atoms with Crippen LogP contribution in [-0.2, 0) is 11.3 Å². The zero-order valence-electron chi connectivity index (χ0n) is 15.8. The number of hydrogen-bond acceptors (Lipinski definition) is 6. The van der Waals surface area contributed by atoms with E-state index >= 15 is 0 Å². The fraction of sp³-hybridized carbons (Fsp3) is 0.190. The van der Waals surface area contributed by atoms with Gasteiger partial charge in [-0.3, -0.25) is 9.59 Å². The minimum Gasteiger partial charge on any atom is -0.486 e. The molecule has 29 heavy (non-hydrogen) atoms. The van der Waals surface area contributed by atoms with Gasteiger partial charge in [-0.05, 0) is 54.8 Å². The molecule has 8 heteroatoms. The van der Waals surface area contributed by atoms with Gasteiger partial charge in [0, 0.05) is 22.2 Å². The first-order chi connectivity index (χ1) is 14.1. The van der Waals surface area contributed by atoms with Crippen LogP contribution in [0.1, 0.15) is 0 Å². The zero-order chi connectivity index (χ0) is 20.2. The van der Waals surface area contributed by atoms with E-state index in [1.807, 2.05) is 48.7 Å². The van der Waals surface area contributed by atoms with Crippen LogP contribution in [0.5, 0.6) is 11.5 Å². The smallest absolute Gasteiger partial charge is 0.267 e. The van der Waals surface area contributed by atoms with Crippen LogP contribution in [0.15, 0.2) is 64.3 Å². The third-order valence-corrected chi connectivity index (χ3v) is 5.12. The predicted octanol–water partition coefficient (Wildman–Crippen LogP) is 3.04. The molecule has 0 radical (unpaired) electrons. The summed E-state index contributed by atoms with van der Waals surface area (Å²) in [5, 5.41) is 7.13. The first-order valence-electron chi connectivity index (χ1n) is 9.04. The van der Waals surface area contributed by atoms with Crippen LogP contribution in [0.3, 0.4) is 0 Å². The Bertz CT molecular complexity index is 1100. The Balaban J connectivity index is 1.52. The van der Waals surface area contributed by atoms with Crippen molar-refractivity contribution in [2.24, 2.45) is 0 Å². The molecule has 148 valence electrons. The topological polar surface area (TPSA) is 82.5 Å². The van der Waals surface area contributed by atoms with Gasteiger partial charge in [-0.2, -0.15) is 5.10 Å². The van der Waals surface area contributed by atoms with Crippen molar-refractivity contribution in [2.45, 2.75) is 11.4 Å². The summed E-state index contributed by atoms with van der Waals surface area (Å²) < 4.78 is 12.3. The molecule has 0 aliphatic carbocycles. The van der Waals surface area contributed by atoms with Crippen molar-refractivity contribution in [1.82, 2.24) is 9.78 Å². The highest BCUT2D eigenvalue weighted by atomic mass is 32.2. The van der Waals surface area contributed by atoms with Gasteiger partial charge in [-0.15, -0.1) is 11.8 Å². The zero-order valence-corrected chi connectivity index (χ0v) is 16.6. The molecule has 7 nitrogen and oxygen atoms in total. The molecule has 0 spiro atoms. The van der Waals surface area contributed by atoms with E-state index in [0.717, 1.165) is 15.1 Å². The van der Waals surface area contributed by atoms with Crippen molar-refractivity contribution in [3.05, 3.63) is 65.0 Å². The molecule has 1 aliphatic rings. The van der Waals surface area contributed by atoms with Gasteiger partial charge in [0.1, 0.15) is 19.8 Å². The number of hydrogen-bond donors (Lipinski definition) is 1. The average Bonchev–Trinajstić information content (AvgIpc) is 2.75. The maximum Gasteiger partial charge on any atom is 0.267 e. The lowest BCUT2D eigenvalue weighted by Gasteiger charge is -2.18. The molecule has 0 saturated carbocycles. The number of rotatable bonds is 5. The molecule has 0 unspecified atom stereocenters. The molecule has 0 saturated heterocycles. The van der Waals surface area contributed by atoms with Crippen molar-refractivity contribution < 1.29 is 14.3 Å². The summed E-state index contributed by atoms with van der Waals surface area (Å²) >= 11 is 1.62. The maximum atomic E-state index is 12.4. The number of nitrogens with zero attached hydrogens (tertiary/aromatic N) is 2. The van der Waals surface area contributed by atoms with Gasteiger partial charge in [-0.25, -0.2) is 4.68 Å². The summed E-state index contributed by atoms with van der Waals surface area (Å²) in [5.41, 5.74) is 1.66. The number of anilines is 1. The normalized spacial score (nSPS) is 12.4. The van der Waals surface area contributed by atoms with Crippen molar-refractivity contribution >= 4 is 23.4 Å². The molecule has 1 N–H and O–H groups in total. The van der Waals surface area contributed by atoms with Crippen molar-refractivity contribution in [3.8, 4) is 22.8 Å². The molecule has 3 aromatic rings. The Hall–Kier alpha value is -3.26. The molecular weight excluding hydrogens is 390 g/mol. The largest absolute Gasteiger partial charge is 0.486 e. The summed E-state index contributed by atoms with van der Waals surface area (Å²) in [4.78, 5) is 25.7. The number of ether oxygens (including phenoxy) is 2. The second kappa shape index (κ2) is 8.40. The van der Waals surface area contributed by atoms with Crippen LogP contribution >= 0.6 is 11.8 Å². The highest BCUT2D eigenvalue weighted by molar-refractivity contribution is 7.98.